The number of aliphatic hydroxyl groups excluding tert-OH is 1. The summed E-state index contributed by atoms with van der Waals surface area (Å²) in [4.78, 5) is 17.2. The number of hydrogen-bond acceptors (Lipinski definition) is 3. The molecular weight excluding hydrogens is 463 g/mol. The fourth-order valence-electron chi connectivity index (χ4n) is 4.53. The van der Waals surface area contributed by atoms with E-state index in [4.69, 9.17) is 0 Å². The van der Waals surface area contributed by atoms with Gasteiger partial charge in [-0.3, -0.25) is 9.69 Å². The number of likely N-dealkylation sites (tertiary alicyclic amines) is 2. The fourth-order valence-corrected chi connectivity index (χ4v) is 4.89. The summed E-state index contributed by atoms with van der Waals surface area (Å²) in [5.41, 5.74) is 2.15. The number of carbonyl (C=O) groups excluding carboxylic acids is 1. The largest absolute Gasteiger partial charge is 0.391 e. The first-order valence-corrected chi connectivity index (χ1v) is 11.2. The molecule has 0 spiro atoms. The van der Waals surface area contributed by atoms with Crippen LogP contribution >= 0.6 is 22.6 Å². The highest BCUT2D eigenvalue weighted by atomic mass is 127. The van der Waals surface area contributed by atoms with Gasteiger partial charge in [0.25, 0.3) is 5.91 Å². The second kappa shape index (κ2) is 8.93. The molecule has 0 aromatic heterocycles. The molecule has 5 heteroatoms. The highest BCUT2D eigenvalue weighted by Crippen LogP contribution is 2.30. The van der Waals surface area contributed by atoms with Crippen LogP contribution in [0.2, 0.25) is 0 Å². The topological polar surface area (TPSA) is 43.8 Å². The Kier molecular flexibility index (Phi) is 6.33. The van der Waals surface area contributed by atoms with Crippen LogP contribution in [0, 0.1) is 3.57 Å². The molecule has 2 fully saturated rings. The molecule has 2 atom stereocenters. The molecule has 2 aliphatic rings. The molecule has 2 aromatic carbocycles. The summed E-state index contributed by atoms with van der Waals surface area (Å²) in [7, 11) is 0. The summed E-state index contributed by atoms with van der Waals surface area (Å²) in [5.74, 6) is 0.676. The number of aliphatic hydroxyl groups is 1. The molecule has 0 aliphatic carbocycles. The lowest BCUT2D eigenvalue weighted by Crippen LogP contribution is -2.57. The smallest absolute Gasteiger partial charge is 0.253 e. The lowest BCUT2D eigenvalue weighted by Gasteiger charge is -2.44. The predicted molar refractivity (Wildman–Crippen MR) is 119 cm³/mol. The number of halogens is 1. The zero-order valence-electron chi connectivity index (χ0n) is 16.0. The molecule has 28 heavy (non-hydrogen) atoms. The van der Waals surface area contributed by atoms with Gasteiger partial charge in [-0.05, 0) is 90.7 Å². The van der Waals surface area contributed by atoms with Crippen LogP contribution < -0.4 is 0 Å². The van der Waals surface area contributed by atoms with E-state index in [1.807, 2.05) is 29.2 Å². The molecule has 0 saturated carbocycles. The summed E-state index contributed by atoms with van der Waals surface area (Å²) >= 11 is 2.25. The molecule has 2 aliphatic heterocycles. The standard InChI is InChI=1S/C23H27IN2O2/c24-20-8-6-19(7-9-20)23(28)26-15-12-22(27)21(16-26)25-13-10-18(11-14-25)17-4-2-1-3-5-17/h1-9,18,21-22,27H,10-16H2/t21-,22-/m1/s1. The van der Waals surface area contributed by atoms with Gasteiger partial charge in [0.1, 0.15) is 0 Å². The van der Waals surface area contributed by atoms with Crippen LogP contribution in [0.1, 0.15) is 41.1 Å². The fraction of sp³-hybridized carbons (Fsp3) is 0.435. The van der Waals surface area contributed by atoms with Crippen molar-refractivity contribution in [1.29, 1.82) is 0 Å². The molecule has 4 nitrogen and oxygen atoms in total. The van der Waals surface area contributed by atoms with E-state index in [1.165, 1.54) is 5.56 Å². The Morgan fingerprint density at radius 1 is 0.929 bits per heavy atom. The van der Waals surface area contributed by atoms with Crippen LogP contribution in [0.4, 0.5) is 0 Å². The van der Waals surface area contributed by atoms with Gasteiger partial charge in [0.05, 0.1) is 12.1 Å². The summed E-state index contributed by atoms with van der Waals surface area (Å²) in [6.45, 7) is 3.20. The quantitative estimate of drug-likeness (QED) is 0.667. The van der Waals surface area contributed by atoms with E-state index >= 15 is 0 Å². The molecule has 2 saturated heterocycles. The van der Waals surface area contributed by atoms with Crippen LogP contribution in [0.15, 0.2) is 54.6 Å². The highest BCUT2D eigenvalue weighted by molar-refractivity contribution is 14.1. The maximum Gasteiger partial charge on any atom is 0.253 e. The van der Waals surface area contributed by atoms with Crippen molar-refractivity contribution in [3.63, 3.8) is 0 Å². The molecular formula is C23H27IN2O2. The van der Waals surface area contributed by atoms with Gasteiger partial charge in [0, 0.05) is 22.2 Å². The molecule has 2 heterocycles. The normalized spacial score (nSPS) is 24.3. The minimum absolute atomic E-state index is 0.0401. The summed E-state index contributed by atoms with van der Waals surface area (Å²) in [5, 5.41) is 10.6. The van der Waals surface area contributed by atoms with Crippen molar-refractivity contribution in [3.05, 3.63) is 69.3 Å². The van der Waals surface area contributed by atoms with Crippen molar-refractivity contribution in [1.82, 2.24) is 9.80 Å². The molecule has 1 amide bonds. The number of nitrogens with zero attached hydrogens (tertiary/aromatic N) is 2. The summed E-state index contributed by atoms with van der Waals surface area (Å²) in [6, 6.07) is 18.5. The lowest BCUT2D eigenvalue weighted by molar-refractivity contribution is -0.0154. The van der Waals surface area contributed by atoms with Crippen LogP contribution in [0.25, 0.3) is 0 Å². The lowest BCUT2D eigenvalue weighted by atomic mass is 9.88. The zero-order chi connectivity index (χ0) is 19.5. The summed E-state index contributed by atoms with van der Waals surface area (Å²) in [6.07, 6.45) is 2.52. The van der Waals surface area contributed by atoms with Gasteiger partial charge >= 0.3 is 0 Å². The van der Waals surface area contributed by atoms with E-state index in [-0.39, 0.29) is 18.1 Å². The second-order valence-corrected chi connectivity index (χ2v) is 9.15. The van der Waals surface area contributed by atoms with Crippen molar-refractivity contribution in [2.75, 3.05) is 26.2 Å². The first-order valence-electron chi connectivity index (χ1n) is 10.1. The van der Waals surface area contributed by atoms with Crippen LogP contribution in [0.3, 0.4) is 0 Å². The van der Waals surface area contributed by atoms with Gasteiger partial charge < -0.3 is 10.0 Å². The van der Waals surface area contributed by atoms with Gasteiger partial charge in [-0.1, -0.05) is 30.3 Å². The number of amides is 1. The van der Waals surface area contributed by atoms with Crippen molar-refractivity contribution < 1.29 is 9.90 Å². The predicted octanol–water partition coefficient (Wildman–Crippen LogP) is 3.75. The zero-order valence-corrected chi connectivity index (χ0v) is 18.2. The van der Waals surface area contributed by atoms with Crippen molar-refractivity contribution >= 4 is 28.5 Å². The SMILES string of the molecule is O=C(c1ccc(I)cc1)N1CC[C@@H](O)[C@H](N2CCC(c3ccccc3)CC2)C1. The van der Waals surface area contributed by atoms with Gasteiger partial charge in [-0.25, -0.2) is 0 Å². The Morgan fingerprint density at radius 2 is 1.61 bits per heavy atom. The monoisotopic (exact) mass is 490 g/mol. The first-order chi connectivity index (χ1) is 13.6. The highest BCUT2D eigenvalue weighted by Gasteiger charge is 2.36. The van der Waals surface area contributed by atoms with E-state index in [0.29, 0.717) is 25.4 Å². The Labute approximate surface area is 180 Å². The molecule has 0 unspecified atom stereocenters. The first kappa shape index (κ1) is 19.9. The average molecular weight is 490 g/mol. The minimum Gasteiger partial charge on any atom is -0.391 e. The van der Waals surface area contributed by atoms with E-state index in [0.717, 1.165) is 35.1 Å². The van der Waals surface area contributed by atoms with Crippen LogP contribution in [-0.2, 0) is 0 Å². The molecule has 1 N–H and O–H groups in total. The van der Waals surface area contributed by atoms with Gasteiger partial charge in [0.15, 0.2) is 0 Å². The Hall–Kier alpha value is -1.44. The maximum absolute atomic E-state index is 12.9. The maximum atomic E-state index is 12.9. The van der Waals surface area contributed by atoms with Gasteiger partial charge in [-0.2, -0.15) is 0 Å². The number of piperidine rings is 2. The number of carbonyl (C=O) groups is 1. The third-order valence-electron chi connectivity index (χ3n) is 6.19. The Morgan fingerprint density at radius 3 is 2.29 bits per heavy atom. The van der Waals surface area contributed by atoms with E-state index < -0.39 is 0 Å². The third kappa shape index (κ3) is 4.42. The number of benzene rings is 2. The molecule has 4 rings (SSSR count). The Bertz CT molecular complexity index is 788. The minimum atomic E-state index is -0.353. The molecule has 0 radical (unpaired) electrons. The van der Waals surface area contributed by atoms with E-state index in [1.54, 1.807) is 0 Å². The molecule has 0 bridgehead atoms. The Balaban J connectivity index is 1.39. The average Bonchev–Trinajstić information content (AvgIpc) is 2.75. The van der Waals surface area contributed by atoms with E-state index in [2.05, 4.69) is 57.8 Å². The van der Waals surface area contributed by atoms with Crippen molar-refractivity contribution in [2.24, 2.45) is 0 Å². The van der Waals surface area contributed by atoms with Crippen LogP contribution in [0.5, 0.6) is 0 Å². The molecule has 2 aromatic rings. The van der Waals surface area contributed by atoms with Crippen LogP contribution in [-0.4, -0.2) is 59.1 Å². The van der Waals surface area contributed by atoms with Gasteiger partial charge in [0.2, 0.25) is 0 Å². The van der Waals surface area contributed by atoms with E-state index in [9.17, 15) is 9.90 Å². The second-order valence-electron chi connectivity index (χ2n) is 7.90. The summed E-state index contributed by atoms with van der Waals surface area (Å²) < 4.78 is 1.13. The third-order valence-corrected chi connectivity index (χ3v) is 6.91. The van der Waals surface area contributed by atoms with Gasteiger partial charge in [-0.15, -0.1) is 0 Å². The number of hydrogen-bond donors (Lipinski definition) is 1. The van der Waals surface area contributed by atoms with Crippen molar-refractivity contribution in [2.45, 2.75) is 37.3 Å². The molecule has 148 valence electrons. The van der Waals surface area contributed by atoms with Crippen molar-refractivity contribution in [3.8, 4) is 0 Å². The number of rotatable bonds is 3.